The zero-order chi connectivity index (χ0) is 24.6. The van der Waals surface area contributed by atoms with E-state index in [1.54, 1.807) is 18.6 Å². The first kappa shape index (κ1) is 25.4. The highest BCUT2D eigenvalue weighted by molar-refractivity contribution is 7.18. The molecule has 188 valence electrons. The number of nitrogens with zero attached hydrogens (tertiary/aromatic N) is 6. The van der Waals surface area contributed by atoms with Crippen LogP contribution in [0.5, 0.6) is 6.01 Å². The van der Waals surface area contributed by atoms with Crippen LogP contribution in [0.15, 0.2) is 24.7 Å². The average molecular weight is 498 g/mol. The standard InChI is InChI=1S/C25H35N7O2S/c1-4-5-6-7-18(3)34-24-29-17(2)12-21(30-24)22-14-28-25(35-22)31-23-15-26-19(13-27-23)16-32-10-8-20(33)9-11-32/h12-15,18,20,33H,4-11,16H2,1-3H3,(H,27,28,31). The Morgan fingerprint density at radius 3 is 2.71 bits per heavy atom. The summed E-state index contributed by atoms with van der Waals surface area (Å²) in [7, 11) is 0. The van der Waals surface area contributed by atoms with Gasteiger partial charge in [-0.1, -0.05) is 31.1 Å². The fourth-order valence-electron chi connectivity index (χ4n) is 4.01. The number of hydrogen-bond acceptors (Lipinski definition) is 10. The summed E-state index contributed by atoms with van der Waals surface area (Å²) in [6, 6.07) is 2.36. The highest BCUT2D eigenvalue weighted by Gasteiger charge is 2.17. The molecule has 10 heteroatoms. The summed E-state index contributed by atoms with van der Waals surface area (Å²) in [4.78, 5) is 25.8. The second kappa shape index (κ2) is 12.3. The van der Waals surface area contributed by atoms with E-state index < -0.39 is 0 Å². The number of hydrogen-bond donors (Lipinski definition) is 2. The van der Waals surface area contributed by atoms with Crippen LogP contribution in [0.25, 0.3) is 10.6 Å². The predicted molar refractivity (Wildman–Crippen MR) is 138 cm³/mol. The molecule has 1 atom stereocenters. The van der Waals surface area contributed by atoms with E-state index in [0.717, 1.165) is 72.4 Å². The van der Waals surface area contributed by atoms with Gasteiger partial charge in [-0.25, -0.2) is 15.0 Å². The maximum atomic E-state index is 9.66. The van der Waals surface area contributed by atoms with Gasteiger partial charge in [-0.2, -0.15) is 4.98 Å². The number of aliphatic hydroxyl groups is 1. The molecule has 2 N–H and O–H groups in total. The molecule has 1 fully saturated rings. The van der Waals surface area contributed by atoms with E-state index >= 15 is 0 Å². The van der Waals surface area contributed by atoms with Crippen LogP contribution in [0.4, 0.5) is 10.9 Å². The molecule has 0 spiro atoms. The van der Waals surface area contributed by atoms with Gasteiger partial charge in [0.05, 0.1) is 40.9 Å². The molecule has 0 amide bonds. The van der Waals surface area contributed by atoms with Gasteiger partial charge in [0.1, 0.15) is 0 Å². The summed E-state index contributed by atoms with van der Waals surface area (Å²) < 4.78 is 5.99. The fourth-order valence-corrected chi connectivity index (χ4v) is 4.79. The van der Waals surface area contributed by atoms with Crippen LogP contribution in [0.1, 0.15) is 63.8 Å². The first-order chi connectivity index (χ1) is 17.0. The Bertz CT molecular complexity index is 1070. The molecule has 0 aliphatic carbocycles. The molecule has 4 heterocycles. The van der Waals surface area contributed by atoms with Crippen molar-refractivity contribution in [3.63, 3.8) is 0 Å². The Morgan fingerprint density at radius 2 is 1.97 bits per heavy atom. The number of aromatic nitrogens is 5. The summed E-state index contributed by atoms with van der Waals surface area (Å²) in [5.74, 6) is 0.646. The van der Waals surface area contributed by atoms with Gasteiger partial charge in [-0.3, -0.25) is 9.88 Å². The normalized spacial score (nSPS) is 15.8. The summed E-state index contributed by atoms with van der Waals surface area (Å²) in [6.45, 7) is 8.73. The van der Waals surface area contributed by atoms with Crippen LogP contribution in [0, 0.1) is 6.92 Å². The molecule has 3 aromatic rings. The molecule has 1 aliphatic heterocycles. The lowest BCUT2D eigenvalue weighted by atomic mass is 10.1. The van der Waals surface area contributed by atoms with Crippen molar-refractivity contribution in [3.8, 4) is 16.6 Å². The number of aliphatic hydroxyl groups excluding tert-OH is 1. The molecule has 3 aromatic heterocycles. The monoisotopic (exact) mass is 497 g/mol. The second-order valence-electron chi connectivity index (χ2n) is 9.16. The quantitative estimate of drug-likeness (QED) is 0.363. The number of ether oxygens (including phenoxy) is 1. The zero-order valence-electron chi connectivity index (χ0n) is 20.8. The van der Waals surface area contributed by atoms with Crippen LogP contribution in [0.3, 0.4) is 0 Å². The lowest BCUT2D eigenvalue weighted by Crippen LogP contribution is -2.35. The molecule has 4 rings (SSSR count). The van der Waals surface area contributed by atoms with Crippen LogP contribution in [0.2, 0.25) is 0 Å². The third kappa shape index (κ3) is 7.65. The lowest BCUT2D eigenvalue weighted by molar-refractivity contribution is 0.0786. The molecular formula is C25H35N7O2S. The SMILES string of the molecule is CCCCCC(C)Oc1nc(C)cc(-c2cnc(Nc3cnc(CN4CCC(O)CC4)cn3)s2)n1. The van der Waals surface area contributed by atoms with Gasteiger partial charge in [-0.15, -0.1) is 0 Å². The van der Waals surface area contributed by atoms with Crippen LogP contribution >= 0.6 is 11.3 Å². The lowest BCUT2D eigenvalue weighted by Gasteiger charge is -2.28. The van der Waals surface area contributed by atoms with Crippen molar-refractivity contribution < 1.29 is 9.84 Å². The van der Waals surface area contributed by atoms with Crippen molar-refractivity contribution >= 4 is 22.3 Å². The Hall–Kier alpha value is -2.69. The third-order valence-electron chi connectivity index (χ3n) is 6.00. The number of thiazole rings is 1. The Labute approximate surface area is 211 Å². The third-order valence-corrected chi connectivity index (χ3v) is 6.93. The number of likely N-dealkylation sites (tertiary alicyclic amines) is 1. The minimum Gasteiger partial charge on any atom is -0.460 e. The molecule has 0 radical (unpaired) electrons. The van der Waals surface area contributed by atoms with E-state index in [9.17, 15) is 5.11 Å². The van der Waals surface area contributed by atoms with E-state index in [1.807, 2.05) is 13.0 Å². The summed E-state index contributed by atoms with van der Waals surface area (Å²) in [5.41, 5.74) is 2.57. The van der Waals surface area contributed by atoms with Crippen LogP contribution in [-0.4, -0.2) is 60.2 Å². The first-order valence-electron chi connectivity index (χ1n) is 12.5. The molecule has 0 bridgehead atoms. The van der Waals surface area contributed by atoms with Gasteiger partial charge in [0.2, 0.25) is 0 Å². The minimum atomic E-state index is -0.170. The van der Waals surface area contributed by atoms with Crippen molar-refractivity contribution in [3.05, 3.63) is 36.0 Å². The smallest absolute Gasteiger partial charge is 0.317 e. The molecule has 0 aromatic carbocycles. The number of nitrogens with one attached hydrogen (secondary N) is 1. The predicted octanol–water partition coefficient (Wildman–Crippen LogP) is 4.75. The van der Waals surface area contributed by atoms with Crippen molar-refractivity contribution in [2.45, 2.75) is 78.0 Å². The summed E-state index contributed by atoms with van der Waals surface area (Å²) in [5, 5.41) is 13.6. The van der Waals surface area contributed by atoms with Gasteiger partial charge in [0, 0.05) is 31.5 Å². The molecular weight excluding hydrogens is 462 g/mol. The van der Waals surface area contributed by atoms with Gasteiger partial charge < -0.3 is 15.2 Å². The van der Waals surface area contributed by atoms with Gasteiger partial charge >= 0.3 is 6.01 Å². The van der Waals surface area contributed by atoms with E-state index in [0.29, 0.717) is 11.8 Å². The van der Waals surface area contributed by atoms with E-state index in [1.165, 1.54) is 24.2 Å². The van der Waals surface area contributed by atoms with Crippen molar-refractivity contribution in [1.29, 1.82) is 0 Å². The second-order valence-corrected chi connectivity index (χ2v) is 10.2. The van der Waals surface area contributed by atoms with E-state index in [4.69, 9.17) is 4.74 Å². The summed E-state index contributed by atoms with van der Waals surface area (Å²) >= 11 is 1.50. The van der Waals surface area contributed by atoms with Gasteiger partial charge in [-0.05, 0) is 45.6 Å². The first-order valence-corrected chi connectivity index (χ1v) is 13.3. The molecule has 0 saturated carbocycles. The Morgan fingerprint density at radius 1 is 1.14 bits per heavy atom. The van der Waals surface area contributed by atoms with E-state index in [2.05, 4.69) is 49.0 Å². The number of unbranched alkanes of at least 4 members (excludes halogenated alkanes) is 2. The van der Waals surface area contributed by atoms with Gasteiger partial charge in [0.25, 0.3) is 0 Å². The molecule has 1 aliphatic rings. The topological polar surface area (TPSA) is 109 Å². The van der Waals surface area contributed by atoms with Crippen LogP contribution in [-0.2, 0) is 6.54 Å². The minimum absolute atomic E-state index is 0.0814. The highest BCUT2D eigenvalue weighted by Crippen LogP contribution is 2.30. The van der Waals surface area contributed by atoms with Crippen molar-refractivity contribution in [2.24, 2.45) is 0 Å². The zero-order valence-corrected chi connectivity index (χ0v) is 21.6. The highest BCUT2D eigenvalue weighted by atomic mass is 32.1. The maximum Gasteiger partial charge on any atom is 0.317 e. The summed E-state index contributed by atoms with van der Waals surface area (Å²) in [6.07, 6.45) is 11.4. The molecule has 1 unspecified atom stereocenters. The number of aryl methyl sites for hydroxylation is 1. The fraction of sp³-hybridized carbons (Fsp3) is 0.560. The molecule has 35 heavy (non-hydrogen) atoms. The van der Waals surface area contributed by atoms with Crippen LogP contribution < -0.4 is 10.1 Å². The number of piperidine rings is 1. The largest absolute Gasteiger partial charge is 0.460 e. The Balaban J connectivity index is 1.35. The molecule has 1 saturated heterocycles. The van der Waals surface area contributed by atoms with Gasteiger partial charge in [0.15, 0.2) is 10.9 Å². The number of rotatable bonds is 11. The van der Waals surface area contributed by atoms with E-state index in [-0.39, 0.29) is 12.2 Å². The van der Waals surface area contributed by atoms with Crippen molar-refractivity contribution in [1.82, 2.24) is 29.8 Å². The van der Waals surface area contributed by atoms with Crippen molar-refractivity contribution in [2.75, 3.05) is 18.4 Å². The molecule has 9 nitrogen and oxygen atoms in total. The number of anilines is 2. The average Bonchev–Trinajstić information content (AvgIpc) is 3.30. The Kier molecular flexibility index (Phi) is 8.95. The maximum absolute atomic E-state index is 9.66.